The molecule has 0 saturated heterocycles. The van der Waals surface area contributed by atoms with Crippen LogP contribution >= 0.6 is 0 Å². The molecule has 0 aliphatic carbocycles. The van der Waals surface area contributed by atoms with Crippen molar-refractivity contribution >= 4 is 5.91 Å². The first kappa shape index (κ1) is 17.9. The molecule has 0 spiro atoms. The number of hydrogen-bond acceptors (Lipinski definition) is 3. The van der Waals surface area contributed by atoms with Crippen LogP contribution in [0, 0.1) is 0 Å². The van der Waals surface area contributed by atoms with Crippen molar-refractivity contribution in [2.24, 2.45) is 0 Å². The van der Waals surface area contributed by atoms with Gasteiger partial charge in [0, 0.05) is 25.5 Å². The van der Waals surface area contributed by atoms with E-state index in [1.165, 1.54) is 11.1 Å². The monoisotopic (exact) mass is 348 g/mol. The molecule has 1 aromatic heterocycles. The van der Waals surface area contributed by atoms with Gasteiger partial charge in [-0.1, -0.05) is 54.6 Å². The maximum atomic E-state index is 12.3. The highest BCUT2D eigenvalue weighted by Gasteiger charge is 2.12. The first-order chi connectivity index (χ1) is 12.7. The Morgan fingerprint density at radius 2 is 1.73 bits per heavy atom. The van der Waals surface area contributed by atoms with Crippen molar-refractivity contribution in [1.82, 2.24) is 20.4 Å². The summed E-state index contributed by atoms with van der Waals surface area (Å²) in [4.78, 5) is 12.3. The fourth-order valence-electron chi connectivity index (χ4n) is 2.75. The molecule has 0 fully saturated rings. The zero-order valence-corrected chi connectivity index (χ0v) is 14.9. The molecular formula is C21H24N4O. The van der Waals surface area contributed by atoms with E-state index in [4.69, 9.17) is 0 Å². The molecule has 2 N–H and O–H groups in total. The van der Waals surface area contributed by atoms with E-state index in [0.717, 1.165) is 12.1 Å². The third-order valence-corrected chi connectivity index (χ3v) is 4.31. The zero-order valence-electron chi connectivity index (χ0n) is 14.9. The fraction of sp³-hybridized carbons (Fsp3) is 0.238. The number of carbonyl (C=O) groups excluding carboxylic acids is 1. The highest BCUT2D eigenvalue weighted by molar-refractivity contribution is 5.81. The lowest BCUT2D eigenvalue weighted by atomic mass is 10.1. The molecule has 1 heterocycles. The standard InChI is InChI=1S/C21H24N4O/c1-17(21(26)23-14-18-8-3-2-4-9-18)22-15-19-10-5-6-11-20(19)16-25-13-7-12-24-25/h2-13,17,22H,14-16H2,1H3,(H,23,26). The Balaban J connectivity index is 1.52. The molecule has 0 bridgehead atoms. The molecule has 5 nitrogen and oxygen atoms in total. The van der Waals surface area contributed by atoms with Crippen molar-refractivity contribution < 1.29 is 4.79 Å². The summed E-state index contributed by atoms with van der Waals surface area (Å²) in [6.45, 7) is 3.79. The van der Waals surface area contributed by atoms with Crippen molar-refractivity contribution in [3.63, 3.8) is 0 Å². The summed E-state index contributed by atoms with van der Waals surface area (Å²) in [5.41, 5.74) is 3.46. The van der Waals surface area contributed by atoms with Gasteiger partial charge in [0.2, 0.25) is 5.91 Å². The number of amides is 1. The van der Waals surface area contributed by atoms with E-state index in [1.807, 2.05) is 66.3 Å². The van der Waals surface area contributed by atoms with Crippen LogP contribution in [0.3, 0.4) is 0 Å². The minimum atomic E-state index is -0.267. The van der Waals surface area contributed by atoms with Gasteiger partial charge in [0.1, 0.15) is 0 Å². The summed E-state index contributed by atoms with van der Waals surface area (Å²) in [7, 11) is 0. The average molecular weight is 348 g/mol. The number of carbonyl (C=O) groups is 1. The smallest absolute Gasteiger partial charge is 0.237 e. The third-order valence-electron chi connectivity index (χ3n) is 4.31. The van der Waals surface area contributed by atoms with Gasteiger partial charge >= 0.3 is 0 Å². The Morgan fingerprint density at radius 1 is 1.00 bits per heavy atom. The minimum Gasteiger partial charge on any atom is -0.351 e. The molecule has 1 amide bonds. The van der Waals surface area contributed by atoms with E-state index in [1.54, 1.807) is 6.20 Å². The van der Waals surface area contributed by atoms with Crippen molar-refractivity contribution in [1.29, 1.82) is 0 Å². The maximum Gasteiger partial charge on any atom is 0.237 e. The topological polar surface area (TPSA) is 59.0 Å². The molecule has 5 heteroatoms. The van der Waals surface area contributed by atoms with Crippen LogP contribution in [0.1, 0.15) is 23.6 Å². The number of aromatic nitrogens is 2. The molecule has 26 heavy (non-hydrogen) atoms. The quantitative estimate of drug-likeness (QED) is 0.658. The molecule has 1 unspecified atom stereocenters. The predicted molar refractivity (Wildman–Crippen MR) is 102 cm³/mol. The molecule has 0 aliphatic heterocycles. The Hall–Kier alpha value is -2.92. The molecule has 3 rings (SSSR count). The minimum absolute atomic E-state index is 0.00147. The normalized spacial score (nSPS) is 11.9. The number of nitrogens with zero attached hydrogens (tertiary/aromatic N) is 2. The van der Waals surface area contributed by atoms with Crippen LogP contribution in [0.2, 0.25) is 0 Å². The summed E-state index contributed by atoms with van der Waals surface area (Å²) < 4.78 is 1.90. The van der Waals surface area contributed by atoms with Crippen LogP contribution in [0.15, 0.2) is 73.1 Å². The van der Waals surface area contributed by atoms with Gasteiger partial charge in [-0.15, -0.1) is 0 Å². The van der Waals surface area contributed by atoms with E-state index >= 15 is 0 Å². The fourth-order valence-corrected chi connectivity index (χ4v) is 2.75. The average Bonchev–Trinajstić information content (AvgIpc) is 3.19. The van der Waals surface area contributed by atoms with Crippen molar-refractivity contribution in [3.05, 3.63) is 89.7 Å². The first-order valence-electron chi connectivity index (χ1n) is 8.81. The van der Waals surface area contributed by atoms with Crippen LogP contribution in [-0.2, 0) is 24.4 Å². The lowest BCUT2D eigenvalue weighted by molar-refractivity contribution is -0.122. The summed E-state index contributed by atoms with van der Waals surface area (Å²) in [6.07, 6.45) is 3.73. The highest BCUT2D eigenvalue weighted by Crippen LogP contribution is 2.10. The second kappa shape index (κ2) is 8.97. The molecule has 0 radical (unpaired) electrons. The molecule has 134 valence electrons. The zero-order chi connectivity index (χ0) is 18.2. The van der Waals surface area contributed by atoms with Crippen LogP contribution < -0.4 is 10.6 Å². The van der Waals surface area contributed by atoms with Crippen molar-refractivity contribution in [2.45, 2.75) is 32.6 Å². The highest BCUT2D eigenvalue weighted by atomic mass is 16.2. The van der Waals surface area contributed by atoms with Gasteiger partial charge < -0.3 is 10.6 Å². The van der Waals surface area contributed by atoms with Gasteiger partial charge in [-0.05, 0) is 29.7 Å². The van der Waals surface area contributed by atoms with Gasteiger partial charge in [0.25, 0.3) is 0 Å². The molecule has 0 aliphatic rings. The number of benzene rings is 2. The molecule has 1 atom stereocenters. The van der Waals surface area contributed by atoms with E-state index in [2.05, 4.69) is 27.9 Å². The van der Waals surface area contributed by atoms with Crippen LogP contribution in [0.5, 0.6) is 0 Å². The lowest BCUT2D eigenvalue weighted by Crippen LogP contribution is -2.41. The van der Waals surface area contributed by atoms with E-state index < -0.39 is 0 Å². The van der Waals surface area contributed by atoms with E-state index in [9.17, 15) is 4.79 Å². The Kier molecular flexibility index (Phi) is 6.17. The summed E-state index contributed by atoms with van der Waals surface area (Å²) in [6, 6.07) is 19.8. The van der Waals surface area contributed by atoms with Crippen LogP contribution in [-0.4, -0.2) is 21.7 Å². The maximum absolute atomic E-state index is 12.3. The van der Waals surface area contributed by atoms with Gasteiger partial charge in [0.05, 0.1) is 12.6 Å². The Morgan fingerprint density at radius 3 is 2.46 bits per heavy atom. The third kappa shape index (κ3) is 5.04. The predicted octanol–water partition coefficient (Wildman–Crippen LogP) is 2.73. The molecule has 2 aromatic carbocycles. The van der Waals surface area contributed by atoms with Crippen LogP contribution in [0.4, 0.5) is 0 Å². The number of nitrogens with one attached hydrogen (secondary N) is 2. The van der Waals surface area contributed by atoms with E-state index in [0.29, 0.717) is 13.1 Å². The number of rotatable bonds is 8. The largest absolute Gasteiger partial charge is 0.351 e. The first-order valence-corrected chi connectivity index (χ1v) is 8.81. The summed E-state index contributed by atoms with van der Waals surface area (Å²) in [5.74, 6) is -0.00147. The molecular weight excluding hydrogens is 324 g/mol. The SMILES string of the molecule is CC(NCc1ccccc1Cn1cccn1)C(=O)NCc1ccccc1. The summed E-state index contributed by atoms with van der Waals surface area (Å²) >= 11 is 0. The van der Waals surface area contributed by atoms with E-state index in [-0.39, 0.29) is 11.9 Å². The van der Waals surface area contributed by atoms with Crippen molar-refractivity contribution in [3.8, 4) is 0 Å². The number of hydrogen-bond donors (Lipinski definition) is 2. The second-order valence-corrected chi connectivity index (χ2v) is 6.28. The van der Waals surface area contributed by atoms with Gasteiger partial charge in [-0.25, -0.2) is 0 Å². The second-order valence-electron chi connectivity index (χ2n) is 6.28. The van der Waals surface area contributed by atoms with Gasteiger partial charge in [0.15, 0.2) is 0 Å². The molecule has 0 saturated carbocycles. The summed E-state index contributed by atoms with van der Waals surface area (Å²) in [5, 5.41) is 10.5. The lowest BCUT2D eigenvalue weighted by Gasteiger charge is -2.16. The Labute approximate surface area is 154 Å². The Bertz CT molecular complexity index is 815. The van der Waals surface area contributed by atoms with Gasteiger partial charge in [-0.2, -0.15) is 5.10 Å². The van der Waals surface area contributed by atoms with Gasteiger partial charge in [-0.3, -0.25) is 9.48 Å². The van der Waals surface area contributed by atoms with Crippen LogP contribution in [0.25, 0.3) is 0 Å². The van der Waals surface area contributed by atoms with Crippen molar-refractivity contribution in [2.75, 3.05) is 0 Å². The molecule has 3 aromatic rings.